The Morgan fingerprint density at radius 2 is 0.824 bits per heavy atom. The molecule has 0 radical (unpaired) electrons. The summed E-state index contributed by atoms with van der Waals surface area (Å²) in [5, 5.41) is 22.6. The van der Waals surface area contributed by atoms with Crippen LogP contribution in [-0.4, -0.2) is 68.3 Å². The van der Waals surface area contributed by atoms with E-state index in [0.717, 1.165) is 87.5 Å². The van der Waals surface area contributed by atoms with Gasteiger partial charge < -0.3 is 10.2 Å². The van der Waals surface area contributed by atoms with Crippen molar-refractivity contribution < 1.29 is 10.2 Å². The molecule has 8 bridgehead atoms. The highest BCUT2D eigenvalue weighted by Crippen LogP contribution is 2.34. The molecule has 2 saturated heterocycles. The normalized spacial score (nSPS) is 31.8. The number of rotatable bonds is 0. The number of fused-ring (bicyclic) bond motifs is 8. The fourth-order valence-electron chi connectivity index (χ4n) is 6.23. The predicted octanol–water partition coefficient (Wildman–Crippen LogP) is 4.14. The number of aromatic hydroxyl groups is 2. The summed E-state index contributed by atoms with van der Waals surface area (Å²) < 4.78 is 0. The van der Waals surface area contributed by atoms with Crippen LogP contribution in [0, 0.1) is 13.8 Å². The Hall–Kier alpha value is -2.12. The molecule has 3 aliphatic heterocycles. The van der Waals surface area contributed by atoms with Gasteiger partial charge in [0.25, 0.3) is 0 Å². The summed E-state index contributed by atoms with van der Waals surface area (Å²) >= 11 is 0. The van der Waals surface area contributed by atoms with Crippen molar-refractivity contribution in [3.05, 3.63) is 57.6 Å². The van der Waals surface area contributed by atoms with Crippen LogP contribution in [0.15, 0.2) is 24.3 Å². The van der Waals surface area contributed by atoms with E-state index in [1.165, 1.54) is 11.1 Å². The lowest BCUT2D eigenvalue weighted by Gasteiger charge is -2.44. The lowest BCUT2D eigenvalue weighted by Crippen LogP contribution is -2.51. The third-order valence-corrected chi connectivity index (χ3v) is 8.21. The minimum absolute atomic E-state index is 0.236. The van der Waals surface area contributed by atoms with Gasteiger partial charge in [0.05, 0.1) is 12.3 Å². The summed E-state index contributed by atoms with van der Waals surface area (Å²) in [6.45, 7) is 15.8. The van der Waals surface area contributed by atoms with E-state index in [0.29, 0.717) is 11.5 Å². The second-order valence-electron chi connectivity index (χ2n) is 10.7. The van der Waals surface area contributed by atoms with Crippen molar-refractivity contribution in [2.75, 3.05) is 26.2 Å². The number of aryl methyl sites for hydroxylation is 2. The molecule has 184 valence electrons. The smallest absolute Gasteiger partial charge is 0.124 e. The van der Waals surface area contributed by atoms with Crippen LogP contribution in [0.2, 0.25) is 0 Å². The number of hydrogen-bond acceptors (Lipinski definition) is 6. The van der Waals surface area contributed by atoms with Crippen LogP contribution in [0.5, 0.6) is 11.5 Å². The highest BCUT2D eigenvalue weighted by atomic mass is 16.3. The Bertz CT molecular complexity index is 901. The first-order valence-corrected chi connectivity index (χ1v) is 12.9. The van der Waals surface area contributed by atoms with Gasteiger partial charge in [0, 0.05) is 74.6 Å². The van der Waals surface area contributed by atoms with Gasteiger partial charge >= 0.3 is 0 Å². The van der Waals surface area contributed by atoms with Crippen molar-refractivity contribution in [3.8, 4) is 11.5 Å². The summed E-state index contributed by atoms with van der Waals surface area (Å²) in [6.07, 6.45) is 2.64. The minimum atomic E-state index is 0.236. The maximum Gasteiger partial charge on any atom is 0.124 e. The van der Waals surface area contributed by atoms with Crippen molar-refractivity contribution >= 4 is 0 Å². The molecular formula is C28H40N4O2. The zero-order chi connectivity index (χ0) is 24.0. The quantitative estimate of drug-likeness (QED) is 0.611. The minimum Gasteiger partial charge on any atom is -0.507 e. The lowest BCUT2D eigenvalue weighted by atomic mass is 10.0. The zero-order valence-corrected chi connectivity index (χ0v) is 21.2. The number of nitrogens with zero attached hydrogens (tertiary/aromatic N) is 4. The van der Waals surface area contributed by atoms with Gasteiger partial charge in [0.15, 0.2) is 0 Å². The zero-order valence-electron chi connectivity index (χ0n) is 21.2. The second kappa shape index (κ2) is 9.50. The highest BCUT2D eigenvalue weighted by Gasteiger charge is 2.30. The molecule has 6 nitrogen and oxygen atoms in total. The standard InChI is InChI=1S/C28H40N4O2/c1-19-11-23-15-29-7-5-9-31(21(29)3)17-25-13-20(2)14-26(28(25)34)18-32-10-6-8-30(22(32)4)16-24(12-19)27(23)33/h11-14,21-22,33-34H,5-10,15-18H2,1-4H3. The average molecular weight is 465 g/mol. The molecule has 2 aromatic rings. The average Bonchev–Trinajstić information content (AvgIpc) is 2.79. The Morgan fingerprint density at radius 3 is 1.09 bits per heavy atom. The van der Waals surface area contributed by atoms with Crippen molar-refractivity contribution in [1.29, 1.82) is 0 Å². The van der Waals surface area contributed by atoms with Crippen LogP contribution in [0.1, 0.15) is 60.1 Å². The maximum absolute atomic E-state index is 11.3. The third-order valence-electron chi connectivity index (χ3n) is 8.21. The summed E-state index contributed by atoms with van der Waals surface area (Å²) in [5.41, 5.74) is 6.52. The molecule has 3 heterocycles. The van der Waals surface area contributed by atoms with Gasteiger partial charge in [0.2, 0.25) is 0 Å². The molecule has 2 N–H and O–H groups in total. The second-order valence-corrected chi connectivity index (χ2v) is 10.7. The number of benzene rings is 2. The van der Waals surface area contributed by atoms with E-state index in [1.54, 1.807) is 0 Å². The van der Waals surface area contributed by atoms with E-state index in [4.69, 9.17) is 0 Å². The monoisotopic (exact) mass is 464 g/mol. The number of phenolic OH excluding ortho intramolecular Hbond substituents is 2. The molecule has 5 rings (SSSR count). The molecule has 4 unspecified atom stereocenters. The Morgan fingerprint density at radius 1 is 0.559 bits per heavy atom. The number of phenols is 2. The molecule has 34 heavy (non-hydrogen) atoms. The van der Waals surface area contributed by atoms with Crippen LogP contribution in [0.4, 0.5) is 0 Å². The van der Waals surface area contributed by atoms with Gasteiger partial charge in [-0.05, 0) is 40.5 Å². The molecule has 0 spiro atoms. The first kappa shape index (κ1) is 23.6. The molecular weight excluding hydrogens is 424 g/mol. The molecule has 4 atom stereocenters. The van der Waals surface area contributed by atoms with E-state index < -0.39 is 0 Å². The summed E-state index contributed by atoms with van der Waals surface area (Å²) in [7, 11) is 0. The molecule has 6 heteroatoms. The Kier molecular flexibility index (Phi) is 6.60. The van der Waals surface area contributed by atoms with Gasteiger partial charge in [-0.25, -0.2) is 0 Å². The van der Waals surface area contributed by atoms with E-state index >= 15 is 0 Å². The van der Waals surface area contributed by atoms with Crippen LogP contribution in [0.25, 0.3) is 0 Å². The Labute approximate surface area is 204 Å². The first-order chi connectivity index (χ1) is 16.3. The molecule has 3 aliphatic rings. The van der Waals surface area contributed by atoms with E-state index in [-0.39, 0.29) is 12.3 Å². The van der Waals surface area contributed by atoms with Gasteiger partial charge in [-0.2, -0.15) is 0 Å². The van der Waals surface area contributed by atoms with Crippen LogP contribution < -0.4 is 0 Å². The summed E-state index contributed by atoms with van der Waals surface area (Å²) in [5.74, 6) is 0.926. The predicted molar refractivity (Wildman–Crippen MR) is 135 cm³/mol. The van der Waals surface area contributed by atoms with E-state index in [1.807, 2.05) is 0 Å². The van der Waals surface area contributed by atoms with Gasteiger partial charge in [-0.15, -0.1) is 0 Å². The number of hydrogen-bond donors (Lipinski definition) is 2. The summed E-state index contributed by atoms with van der Waals surface area (Å²) in [6, 6.07) is 8.60. The van der Waals surface area contributed by atoms with Crippen LogP contribution >= 0.6 is 0 Å². The van der Waals surface area contributed by atoms with Crippen molar-refractivity contribution in [3.63, 3.8) is 0 Å². The fourth-order valence-corrected chi connectivity index (χ4v) is 6.23. The molecule has 2 aromatic carbocycles. The molecule has 0 amide bonds. The van der Waals surface area contributed by atoms with Crippen molar-refractivity contribution in [1.82, 2.24) is 19.6 Å². The van der Waals surface area contributed by atoms with Gasteiger partial charge in [-0.3, -0.25) is 19.6 Å². The lowest BCUT2D eigenvalue weighted by molar-refractivity contribution is 0.000995. The largest absolute Gasteiger partial charge is 0.507 e. The highest BCUT2D eigenvalue weighted by molar-refractivity contribution is 5.45. The third kappa shape index (κ3) is 4.57. The SMILES string of the molecule is Cc1cc2c(O)c(c1)CN1CCCN(Cc3cc(C)cc(c3O)CN3CCCN(C2)C3C)C1C. The molecule has 0 aliphatic carbocycles. The fraction of sp³-hybridized carbons (Fsp3) is 0.571. The van der Waals surface area contributed by atoms with Crippen molar-refractivity contribution in [2.24, 2.45) is 0 Å². The van der Waals surface area contributed by atoms with Crippen LogP contribution in [-0.2, 0) is 26.2 Å². The molecule has 0 aromatic heterocycles. The molecule has 2 fully saturated rings. The maximum atomic E-state index is 11.3. The first-order valence-electron chi connectivity index (χ1n) is 12.9. The van der Waals surface area contributed by atoms with Gasteiger partial charge in [-0.1, -0.05) is 35.4 Å². The summed E-state index contributed by atoms with van der Waals surface area (Å²) in [4.78, 5) is 9.86. The molecule has 0 saturated carbocycles. The topological polar surface area (TPSA) is 53.4 Å². The Balaban J connectivity index is 1.58. The van der Waals surface area contributed by atoms with Gasteiger partial charge in [0.1, 0.15) is 11.5 Å². The van der Waals surface area contributed by atoms with Crippen molar-refractivity contribution in [2.45, 2.75) is 79.0 Å². The van der Waals surface area contributed by atoms with E-state index in [2.05, 4.69) is 71.6 Å². The van der Waals surface area contributed by atoms with E-state index in [9.17, 15) is 10.2 Å². The van der Waals surface area contributed by atoms with Crippen LogP contribution in [0.3, 0.4) is 0 Å².